The monoisotopic (exact) mass is 513 g/mol. The number of pyridine rings is 1. The minimum absolute atomic E-state index is 0.149. The molecule has 2 fully saturated rings. The van der Waals surface area contributed by atoms with Gasteiger partial charge in [0.2, 0.25) is 11.8 Å². The third-order valence-electron chi connectivity index (χ3n) is 8.03. The number of benzene rings is 1. The molecule has 9 heteroatoms. The SMILES string of the molecule is CCC1(CC)CN(C(=O)OC(C)(C)C)CCC1(O)c1ccc2ncc(C3CCC(=O)NC3=O)cc2c1F. The van der Waals surface area contributed by atoms with Gasteiger partial charge >= 0.3 is 6.09 Å². The van der Waals surface area contributed by atoms with Crippen LogP contribution in [0.4, 0.5) is 9.18 Å². The van der Waals surface area contributed by atoms with Gasteiger partial charge in [0.25, 0.3) is 0 Å². The molecule has 1 aromatic heterocycles. The number of hydrogen-bond acceptors (Lipinski definition) is 6. The van der Waals surface area contributed by atoms with E-state index >= 15 is 4.39 Å². The van der Waals surface area contributed by atoms with Gasteiger partial charge in [0, 0.05) is 42.1 Å². The van der Waals surface area contributed by atoms with Crippen molar-refractivity contribution in [2.75, 3.05) is 13.1 Å². The summed E-state index contributed by atoms with van der Waals surface area (Å²) in [5.74, 6) is -1.92. The number of aromatic nitrogens is 1. The molecule has 2 aromatic rings. The van der Waals surface area contributed by atoms with Crippen LogP contribution in [0.5, 0.6) is 0 Å². The van der Waals surface area contributed by atoms with Crippen molar-refractivity contribution in [2.24, 2.45) is 5.41 Å². The van der Waals surface area contributed by atoms with Crippen molar-refractivity contribution in [3.8, 4) is 0 Å². The van der Waals surface area contributed by atoms with Crippen molar-refractivity contribution in [3.05, 3.63) is 41.3 Å². The average molecular weight is 514 g/mol. The van der Waals surface area contributed by atoms with Crippen LogP contribution in [0.1, 0.15) is 83.8 Å². The summed E-state index contributed by atoms with van der Waals surface area (Å²) in [6.07, 6.45) is 2.82. The molecule has 0 saturated carbocycles. The van der Waals surface area contributed by atoms with Crippen molar-refractivity contribution in [2.45, 2.75) is 83.8 Å². The molecule has 0 spiro atoms. The van der Waals surface area contributed by atoms with Crippen LogP contribution in [0.25, 0.3) is 10.9 Å². The highest BCUT2D eigenvalue weighted by molar-refractivity contribution is 6.01. The van der Waals surface area contributed by atoms with Gasteiger partial charge in [-0.25, -0.2) is 9.18 Å². The predicted octanol–water partition coefficient (Wildman–Crippen LogP) is 4.53. The second-order valence-corrected chi connectivity index (χ2v) is 11.3. The van der Waals surface area contributed by atoms with Gasteiger partial charge in [-0.05, 0) is 64.2 Å². The molecule has 2 N–H and O–H groups in total. The molecule has 3 heterocycles. The minimum atomic E-state index is -1.53. The Balaban J connectivity index is 1.73. The van der Waals surface area contributed by atoms with Crippen molar-refractivity contribution in [3.63, 3.8) is 0 Å². The van der Waals surface area contributed by atoms with E-state index in [1.165, 1.54) is 6.20 Å². The second-order valence-electron chi connectivity index (χ2n) is 11.3. The zero-order valence-electron chi connectivity index (χ0n) is 22.2. The first kappa shape index (κ1) is 27.0. The number of carbonyl (C=O) groups is 3. The topological polar surface area (TPSA) is 109 Å². The molecule has 37 heavy (non-hydrogen) atoms. The number of imide groups is 1. The number of hydrogen-bond donors (Lipinski definition) is 2. The van der Waals surface area contributed by atoms with Gasteiger partial charge < -0.3 is 14.7 Å². The lowest BCUT2D eigenvalue weighted by atomic mass is 9.61. The summed E-state index contributed by atoms with van der Waals surface area (Å²) < 4.78 is 21.8. The molecule has 0 radical (unpaired) electrons. The van der Waals surface area contributed by atoms with E-state index in [9.17, 15) is 19.5 Å². The fourth-order valence-electron chi connectivity index (χ4n) is 5.80. The molecule has 1 aromatic carbocycles. The summed E-state index contributed by atoms with van der Waals surface area (Å²) in [6, 6.07) is 4.86. The third kappa shape index (κ3) is 4.81. The Bertz CT molecular complexity index is 1240. The third-order valence-corrected chi connectivity index (χ3v) is 8.03. The first-order chi connectivity index (χ1) is 17.3. The highest BCUT2D eigenvalue weighted by atomic mass is 19.1. The molecule has 0 bridgehead atoms. The van der Waals surface area contributed by atoms with Crippen LogP contribution >= 0.6 is 0 Å². The van der Waals surface area contributed by atoms with Crippen molar-refractivity contribution in [1.82, 2.24) is 15.2 Å². The summed E-state index contributed by atoms with van der Waals surface area (Å²) in [4.78, 5) is 42.8. The molecular weight excluding hydrogens is 477 g/mol. The highest BCUT2D eigenvalue weighted by Gasteiger charge is 2.55. The summed E-state index contributed by atoms with van der Waals surface area (Å²) in [5.41, 5.74) is -1.88. The number of nitrogens with one attached hydrogen (secondary N) is 1. The van der Waals surface area contributed by atoms with Gasteiger partial charge in [-0.2, -0.15) is 0 Å². The smallest absolute Gasteiger partial charge is 0.410 e. The number of ether oxygens (including phenoxy) is 1. The van der Waals surface area contributed by atoms with Crippen molar-refractivity contribution >= 4 is 28.8 Å². The van der Waals surface area contributed by atoms with E-state index in [0.717, 1.165) is 0 Å². The van der Waals surface area contributed by atoms with Crippen LogP contribution in [0.15, 0.2) is 24.4 Å². The lowest BCUT2D eigenvalue weighted by molar-refractivity contribution is -0.146. The van der Waals surface area contributed by atoms with Crippen molar-refractivity contribution in [1.29, 1.82) is 0 Å². The van der Waals surface area contributed by atoms with E-state index < -0.39 is 40.4 Å². The van der Waals surface area contributed by atoms with E-state index in [-0.39, 0.29) is 42.8 Å². The number of likely N-dealkylation sites (tertiary alicyclic amines) is 1. The van der Waals surface area contributed by atoms with Gasteiger partial charge in [0.05, 0.1) is 11.4 Å². The summed E-state index contributed by atoms with van der Waals surface area (Å²) in [6.45, 7) is 9.75. The number of halogens is 1. The Labute approximate surface area is 216 Å². The maximum absolute atomic E-state index is 16.2. The average Bonchev–Trinajstić information content (AvgIpc) is 2.83. The van der Waals surface area contributed by atoms with Crippen LogP contribution in [0, 0.1) is 11.2 Å². The first-order valence-corrected chi connectivity index (χ1v) is 13.0. The van der Waals surface area contributed by atoms with Crippen LogP contribution in [0.3, 0.4) is 0 Å². The number of nitrogens with zero attached hydrogens (tertiary/aromatic N) is 2. The highest BCUT2D eigenvalue weighted by Crippen LogP contribution is 2.52. The molecule has 2 unspecified atom stereocenters. The maximum atomic E-state index is 16.2. The molecule has 2 atom stereocenters. The molecule has 4 rings (SSSR count). The number of amides is 3. The number of aliphatic hydroxyl groups is 1. The standard InChI is InChI=1S/C28H36FN3O5/c1-6-27(7-2)16-32(25(35)37-26(3,4)5)13-12-28(27,36)20-9-10-21-19(23(20)29)14-17(15-30-21)18-8-11-22(33)31-24(18)34/h9-10,14-15,18,36H,6-8,11-13,16H2,1-5H3,(H,31,33,34). The van der Waals surface area contributed by atoms with Gasteiger partial charge in [0.15, 0.2) is 0 Å². The predicted molar refractivity (Wildman–Crippen MR) is 136 cm³/mol. The fraction of sp³-hybridized carbons (Fsp3) is 0.571. The number of carbonyl (C=O) groups excluding carboxylic acids is 3. The van der Waals surface area contributed by atoms with E-state index in [0.29, 0.717) is 30.3 Å². The Kier molecular flexibility index (Phi) is 7.05. The number of rotatable bonds is 4. The van der Waals surface area contributed by atoms with Crippen LogP contribution in [-0.2, 0) is 19.9 Å². The molecule has 8 nitrogen and oxygen atoms in total. The first-order valence-electron chi connectivity index (χ1n) is 13.0. The van der Waals surface area contributed by atoms with Gasteiger partial charge in [0.1, 0.15) is 17.0 Å². The zero-order valence-corrected chi connectivity index (χ0v) is 22.2. The van der Waals surface area contributed by atoms with Gasteiger partial charge in [-0.3, -0.25) is 19.9 Å². The summed E-state index contributed by atoms with van der Waals surface area (Å²) in [5, 5.41) is 14.7. The van der Waals surface area contributed by atoms with Crippen molar-refractivity contribution < 1.29 is 28.6 Å². The number of piperidine rings is 2. The Hall–Kier alpha value is -3.07. The molecule has 2 aliphatic heterocycles. The Morgan fingerprint density at radius 1 is 1.27 bits per heavy atom. The lowest BCUT2D eigenvalue weighted by Crippen LogP contribution is -2.59. The fourth-order valence-corrected chi connectivity index (χ4v) is 5.80. The summed E-state index contributed by atoms with van der Waals surface area (Å²) >= 11 is 0. The molecule has 3 amide bonds. The molecule has 200 valence electrons. The quantitative estimate of drug-likeness (QED) is 0.582. The Morgan fingerprint density at radius 3 is 2.59 bits per heavy atom. The Morgan fingerprint density at radius 2 is 1.97 bits per heavy atom. The summed E-state index contributed by atoms with van der Waals surface area (Å²) in [7, 11) is 0. The number of fused-ring (bicyclic) bond motifs is 1. The molecule has 0 aliphatic carbocycles. The van der Waals surface area contributed by atoms with Crippen LogP contribution in [0.2, 0.25) is 0 Å². The zero-order chi connectivity index (χ0) is 27.2. The second kappa shape index (κ2) is 9.67. The molecular formula is C28H36FN3O5. The van der Waals surface area contributed by atoms with Crippen LogP contribution in [-0.4, -0.2) is 51.6 Å². The van der Waals surface area contributed by atoms with E-state index in [2.05, 4.69) is 10.3 Å². The maximum Gasteiger partial charge on any atom is 0.410 e. The largest absolute Gasteiger partial charge is 0.444 e. The lowest BCUT2D eigenvalue weighted by Gasteiger charge is -2.53. The normalized spacial score (nSPS) is 24.2. The van der Waals surface area contributed by atoms with Gasteiger partial charge in [-0.15, -0.1) is 0 Å². The van der Waals surface area contributed by atoms with Gasteiger partial charge in [-0.1, -0.05) is 19.9 Å². The van der Waals surface area contributed by atoms with Crippen LogP contribution < -0.4 is 5.32 Å². The van der Waals surface area contributed by atoms with E-state index in [1.807, 2.05) is 13.8 Å². The van der Waals surface area contributed by atoms with E-state index in [4.69, 9.17) is 4.74 Å². The van der Waals surface area contributed by atoms with E-state index in [1.54, 1.807) is 43.9 Å². The molecule has 2 saturated heterocycles. The molecule has 2 aliphatic rings. The minimum Gasteiger partial charge on any atom is -0.444 e.